The molecule has 1 aromatic heterocycles. The summed E-state index contributed by atoms with van der Waals surface area (Å²) in [4.78, 5) is 14.2. The molecule has 25 heavy (non-hydrogen) atoms. The number of aromatic nitrogens is 2. The second-order valence-electron chi connectivity index (χ2n) is 5.98. The van der Waals surface area contributed by atoms with E-state index in [-0.39, 0.29) is 5.91 Å². The highest BCUT2D eigenvalue weighted by Gasteiger charge is 2.20. The monoisotopic (exact) mass is 341 g/mol. The highest BCUT2D eigenvalue weighted by Crippen LogP contribution is 2.28. The summed E-state index contributed by atoms with van der Waals surface area (Å²) in [5.41, 5.74) is 3.11. The van der Waals surface area contributed by atoms with Crippen LogP contribution < -0.4 is 9.47 Å². The Morgan fingerprint density at radius 3 is 3.08 bits per heavy atom. The maximum Gasteiger partial charge on any atom is 0.246 e. The number of methoxy groups -OCH3 is 1. The molecule has 0 aliphatic carbocycles. The van der Waals surface area contributed by atoms with E-state index < -0.39 is 0 Å². The third kappa shape index (κ3) is 4.02. The van der Waals surface area contributed by atoms with Crippen LogP contribution in [-0.4, -0.2) is 41.3 Å². The predicted octanol–water partition coefficient (Wildman–Crippen LogP) is 2.81. The number of hydrogen-bond acceptors (Lipinski definition) is 4. The second-order valence-corrected chi connectivity index (χ2v) is 5.98. The van der Waals surface area contributed by atoms with Crippen molar-refractivity contribution < 1.29 is 14.3 Å². The van der Waals surface area contributed by atoms with Gasteiger partial charge in [0.1, 0.15) is 0 Å². The van der Waals surface area contributed by atoms with Crippen molar-refractivity contribution in [3.05, 3.63) is 47.3 Å². The van der Waals surface area contributed by atoms with Gasteiger partial charge in [0.2, 0.25) is 5.91 Å². The lowest BCUT2D eigenvalue weighted by Gasteiger charge is -2.25. The van der Waals surface area contributed by atoms with Gasteiger partial charge in [-0.1, -0.05) is 13.0 Å². The number of amides is 1. The lowest BCUT2D eigenvalue weighted by molar-refractivity contribution is -0.126. The van der Waals surface area contributed by atoms with Crippen LogP contribution in [0.25, 0.3) is 6.08 Å². The maximum atomic E-state index is 12.4. The van der Waals surface area contributed by atoms with Crippen molar-refractivity contribution in [3.8, 4) is 11.5 Å². The van der Waals surface area contributed by atoms with Crippen LogP contribution in [-0.2, 0) is 17.8 Å². The third-order valence-electron chi connectivity index (χ3n) is 4.18. The van der Waals surface area contributed by atoms with Crippen molar-refractivity contribution in [2.45, 2.75) is 26.3 Å². The molecule has 2 aromatic rings. The SMILES string of the molecule is CCCOc1ccc(C=CC(=O)N2CCc3[nH]ncc3C2)cc1OC. The van der Waals surface area contributed by atoms with E-state index in [4.69, 9.17) is 9.47 Å². The average molecular weight is 341 g/mol. The van der Waals surface area contributed by atoms with Crippen LogP contribution in [0, 0.1) is 0 Å². The zero-order valence-corrected chi connectivity index (χ0v) is 14.6. The molecule has 0 spiro atoms. The zero-order chi connectivity index (χ0) is 17.6. The number of carbonyl (C=O) groups excluding carboxylic acids is 1. The Bertz CT molecular complexity index is 767. The summed E-state index contributed by atoms with van der Waals surface area (Å²) in [6.45, 7) is 4.00. The number of hydrogen-bond donors (Lipinski definition) is 1. The van der Waals surface area contributed by atoms with E-state index in [9.17, 15) is 4.79 Å². The molecule has 6 nitrogen and oxygen atoms in total. The Morgan fingerprint density at radius 1 is 1.40 bits per heavy atom. The van der Waals surface area contributed by atoms with Gasteiger partial charge in [-0.3, -0.25) is 9.89 Å². The van der Waals surface area contributed by atoms with E-state index in [1.54, 1.807) is 25.5 Å². The Balaban J connectivity index is 1.66. The van der Waals surface area contributed by atoms with Gasteiger partial charge in [-0.2, -0.15) is 5.10 Å². The first kappa shape index (κ1) is 17.1. The van der Waals surface area contributed by atoms with E-state index in [1.807, 2.05) is 23.1 Å². The number of H-pyrrole nitrogens is 1. The number of carbonyl (C=O) groups is 1. The Morgan fingerprint density at radius 2 is 2.28 bits per heavy atom. The first-order chi connectivity index (χ1) is 12.2. The molecule has 0 saturated heterocycles. The van der Waals surface area contributed by atoms with Crippen molar-refractivity contribution in [2.75, 3.05) is 20.3 Å². The molecule has 1 amide bonds. The summed E-state index contributed by atoms with van der Waals surface area (Å²) >= 11 is 0. The minimum Gasteiger partial charge on any atom is -0.493 e. The van der Waals surface area contributed by atoms with Gasteiger partial charge >= 0.3 is 0 Å². The van der Waals surface area contributed by atoms with E-state index in [2.05, 4.69) is 17.1 Å². The lowest BCUT2D eigenvalue weighted by atomic mass is 10.1. The van der Waals surface area contributed by atoms with Crippen LogP contribution in [0.1, 0.15) is 30.2 Å². The molecule has 0 radical (unpaired) electrons. The van der Waals surface area contributed by atoms with Crippen molar-refractivity contribution in [3.63, 3.8) is 0 Å². The van der Waals surface area contributed by atoms with Gasteiger partial charge in [-0.25, -0.2) is 0 Å². The summed E-state index contributed by atoms with van der Waals surface area (Å²) < 4.78 is 11.0. The van der Waals surface area contributed by atoms with Crippen LogP contribution in [0.2, 0.25) is 0 Å². The quantitative estimate of drug-likeness (QED) is 0.821. The van der Waals surface area contributed by atoms with E-state index in [1.165, 1.54) is 0 Å². The molecule has 1 aliphatic rings. The third-order valence-corrected chi connectivity index (χ3v) is 4.18. The number of nitrogens with one attached hydrogen (secondary N) is 1. The fourth-order valence-electron chi connectivity index (χ4n) is 2.80. The van der Waals surface area contributed by atoms with Crippen LogP contribution in [0.3, 0.4) is 0 Å². The van der Waals surface area contributed by atoms with Gasteiger partial charge in [-0.05, 0) is 30.2 Å². The molecule has 0 unspecified atom stereocenters. The summed E-state index contributed by atoms with van der Waals surface area (Å²) in [7, 11) is 1.61. The number of benzene rings is 1. The molecule has 3 rings (SSSR count). The molecule has 132 valence electrons. The molecule has 1 N–H and O–H groups in total. The van der Waals surface area contributed by atoms with Crippen LogP contribution >= 0.6 is 0 Å². The van der Waals surface area contributed by atoms with Crippen molar-refractivity contribution in [1.82, 2.24) is 15.1 Å². The fourth-order valence-corrected chi connectivity index (χ4v) is 2.80. The van der Waals surface area contributed by atoms with E-state index in [0.717, 1.165) is 35.4 Å². The largest absolute Gasteiger partial charge is 0.493 e. The second kappa shape index (κ2) is 7.88. The minimum atomic E-state index is -0.00266. The summed E-state index contributed by atoms with van der Waals surface area (Å²) in [6.07, 6.45) is 6.95. The maximum absolute atomic E-state index is 12.4. The molecule has 1 aromatic carbocycles. The van der Waals surface area contributed by atoms with Gasteiger partial charge in [-0.15, -0.1) is 0 Å². The zero-order valence-electron chi connectivity index (χ0n) is 14.6. The van der Waals surface area contributed by atoms with Crippen molar-refractivity contribution in [2.24, 2.45) is 0 Å². The normalized spacial score (nSPS) is 13.8. The summed E-state index contributed by atoms with van der Waals surface area (Å²) in [5, 5.41) is 7.01. The Hall–Kier alpha value is -2.76. The van der Waals surface area contributed by atoms with Crippen LogP contribution in [0.5, 0.6) is 11.5 Å². The summed E-state index contributed by atoms with van der Waals surface area (Å²) in [5.74, 6) is 1.39. The smallest absolute Gasteiger partial charge is 0.246 e. The van der Waals surface area contributed by atoms with Gasteiger partial charge in [0.15, 0.2) is 11.5 Å². The number of rotatable bonds is 6. The van der Waals surface area contributed by atoms with Crippen LogP contribution in [0.4, 0.5) is 0 Å². The molecule has 0 fully saturated rings. The van der Waals surface area contributed by atoms with Gasteiger partial charge in [0.25, 0.3) is 0 Å². The average Bonchev–Trinajstić information content (AvgIpc) is 3.12. The predicted molar refractivity (Wildman–Crippen MR) is 95.5 cm³/mol. The standard InChI is InChI=1S/C19H23N3O3/c1-3-10-25-17-6-4-14(11-18(17)24-2)5-7-19(23)22-9-8-16-15(13-22)12-20-21-16/h4-7,11-12H,3,8-10,13H2,1-2H3,(H,20,21). The summed E-state index contributed by atoms with van der Waals surface area (Å²) in [6, 6.07) is 5.66. The molecular formula is C19H23N3O3. The van der Waals surface area contributed by atoms with Gasteiger partial charge in [0.05, 0.1) is 19.9 Å². The van der Waals surface area contributed by atoms with E-state index >= 15 is 0 Å². The molecule has 2 heterocycles. The van der Waals surface area contributed by atoms with Gasteiger partial charge < -0.3 is 14.4 Å². The van der Waals surface area contributed by atoms with Crippen molar-refractivity contribution >= 4 is 12.0 Å². The molecule has 0 bridgehead atoms. The Labute approximate surface area is 147 Å². The number of fused-ring (bicyclic) bond motifs is 1. The minimum absolute atomic E-state index is 0.00266. The molecule has 0 atom stereocenters. The number of ether oxygens (including phenoxy) is 2. The molecule has 6 heteroatoms. The number of nitrogens with zero attached hydrogens (tertiary/aromatic N) is 2. The Kier molecular flexibility index (Phi) is 5.38. The van der Waals surface area contributed by atoms with Crippen LogP contribution in [0.15, 0.2) is 30.5 Å². The highest BCUT2D eigenvalue weighted by molar-refractivity contribution is 5.92. The molecule has 1 aliphatic heterocycles. The lowest BCUT2D eigenvalue weighted by Crippen LogP contribution is -2.34. The first-order valence-corrected chi connectivity index (χ1v) is 8.50. The van der Waals surface area contributed by atoms with E-state index in [0.29, 0.717) is 25.4 Å². The molecular weight excluding hydrogens is 318 g/mol. The molecule has 0 saturated carbocycles. The first-order valence-electron chi connectivity index (χ1n) is 8.50. The highest BCUT2D eigenvalue weighted by atomic mass is 16.5. The van der Waals surface area contributed by atoms with Gasteiger partial charge in [0, 0.05) is 36.8 Å². The van der Waals surface area contributed by atoms with Crippen molar-refractivity contribution in [1.29, 1.82) is 0 Å². The topological polar surface area (TPSA) is 67.5 Å². The number of aromatic amines is 1. The fraction of sp³-hybridized carbons (Fsp3) is 0.368.